The van der Waals surface area contributed by atoms with E-state index in [1.807, 2.05) is 42.8 Å². The summed E-state index contributed by atoms with van der Waals surface area (Å²) in [6, 6.07) is 8.03. The molecule has 0 atom stereocenters. The summed E-state index contributed by atoms with van der Waals surface area (Å²) >= 11 is 0. The van der Waals surface area contributed by atoms with Crippen molar-refractivity contribution in [1.82, 2.24) is 25.0 Å². The molecule has 0 amide bonds. The third kappa shape index (κ3) is 8.42. The predicted molar refractivity (Wildman–Crippen MR) is 139 cm³/mol. The smallest absolute Gasteiger partial charge is 0.194 e. The maximum absolute atomic E-state index is 6.01. The zero-order valence-corrected chi connectivity index (χ0v) is 22.5. The fourth-order valence-corrected chi connectivity index (χ4v) is 3.62. The highest BCUT2D eigenvalue weighted by Gasteiger charge is 2.22. The molecule has 10 heteroatoms. The number of methoxy groups -OCH3 is 2. The van der Waals surface area contributed by atoms with E-state index in [1.165, 1.54) is 0 Å². The van der Waals surface area contributed by atoms with Gasteiger partial charge in [0.15, 0.2) is 11.8 Å². The quantitative estimate of drug-likeness (QED) is 0.203. The Balaban J connectivity index is 0.00000385. The Labute approximate surface area is 213 Å². The molecule has 2 aromatic rings. The second-order valence-electron chi connectivity index (χ2n) is 7.97. The SMILES string of the molecule is COCCCOC1CCN(C(=NCc2ccc(OC)cc2)NCc2nnc(C)n2C)CC1.I. The molecule has 0 radical (unpaired) electrons. The topological polar surface area (TPSA) is 86.0 Å². The van der Waals surface area contributed by atoms with Crippen molar-refractivity contribution >= 4 is 29.9 Å². The summed E-state index contributed by atoms with van der Waals surface area (Å²) in [6.45, 7) is 6.42. The van der Waals surface area contributed by atoms with Crippen LogP contribution in [-0.2, 0) is 29.6 Å². The van der Waals surface area contributed by atoms with Gasteiger partial charge in [-0.05, 0) is 43.9 Å². The van der Waals surface area contributed by atoms with Crippen LogP contribution >= 0.6 is 24.0 Å². The van der Waals surface area contributed by atoms with Crippen LogP contribution in [0, 0.1) is 6.92 Å². The van der Waals surface area contributed by atoms with E-state index >= 15 is 0 Å². The summed E-state index contributed by atoms with van der Waals surface area (Å²) in [5.74, 6) is 3.52. The van der Waals surface area contributed by atoms with E-state index in [2.05, 4.69) is 20.4 Å². The van der Waals surface area contributed by atoms with Crippen LogP contribution in [-0.4, -0.2) is 72.3 Å². The van der Waals surface area contributed by atoms with Gasteiger partial charge in [0.1, 0.15) is 11.6 Å². The predicted octanol–water partition coefficient (Wildman–Crippen LogP) is 2.91. The first kappa shape index (κ1) is 27.3. The van der Waals surface area contributed by atoms with Crippen LogP contribution < -0.4 is 10.1 Å². The maximum atomic E-state index is 6.01. The fraction of sp³-hybridized carbons (Fsp3) is 0.609. The summed E-state index contributed by atoms with van der Waals surface area (Å²) < 4.78 is 18.4. The Morgan fingerprint density at radius 1 is 1.12 bits per heavy atom. The van der Waals surface area contributed by atoms with Gasteiger partial charge in [0, 0.05) is 40.5 Å². The standard InChI is InChI=1S/C23H36N6O3.HI/c1-18-26-27-22(28(18)2)17-25-23(24-16-19-6-8-20(31-4)9-7-19)29-12-10-21(11-13-29)32-15-5-14-30-3;/h6-9,21H,5,10-17H2,1-4H3,(H,24,25);1H. The molecular weight excluding hydrogens is 535 g/mol. The van der Waals surface area contributed by atoms with Crippen molar-refractivity contribution in [3.63, 3.8) is 0 Å². The molecule has 0 bridgehead atoms. The van der Waals surface area contributed by atoms with E-state index in [0.717, 1.165) is 74.5 Å². The number of ether oxygens (including phenoxy) is 3. The Morgan fingerprint density at radius 3 is 2.45 bits per heavy atom. The third-order valence-corrected chi connectivity index (χ3v) is 5.75. The number of aryl methyl sites for hydroxylation is 1. The number of halogens is 1. The zero-order chi connectivity index (χ0) is 22.8. The summed E-state index contributed by atoms with van der Waals surface area (Å²) in [7, 11) is 5.38. The molecule has 3 rings (SSSR count). The molecular formula is C23H37IN6O3. The van der Waals surface area contributed by atoms with Crippen LogP contribution in [0.4, 0.5) is 0 Å². The van der Waals surface area contributed by atoms with Gasteiger partial charge in [-0.15, -0.1) is 34.2 Å². The summed E-state index contributed by atoms with van der Waals surface area (Å²) in [4.78, 5) is 7.22. The lowest BCUT2D eigenvalue weighted by Gasteiger charge is -2.34. The molecule has 1 aromatic carbocycles. The number of hydrogen-bond donors (Lipinski definition) is 1. The van der Waals surface area contributed by atoms with Gasteiger partial charge in [-0.25, -0.2) is 4.99 Å². The second-order valence-corrected chi connectivity index (χ2v) is 7.97. The number of benzene rings is 1. The van der Waals surface area contributed by atoms with E-state index < -0.39 is 0 Å². The van der Waals surface area contributed by atoms with Gasteiger partial charge < -0.3 is 29.0 Å². The molecule has 0 unspecified atom stereocenters. The van der Waals surface area contributed by atoms with Crippen LogP contribution in [0.1, 0.15) is 36.5 Å². The summed E-state index contributed by atoms with van der Waals surface area (Å²) in [5, 5.41) is 11.9. The Morgan fingerprint density at radius 2 is 1.85 bits per heavy atom. The van der Waals surface area contributed by atoms with E-state index in [0.29, 0.717) is 19.2 Å². The van der Waals surface area contributed by atoms with Crippen molar-refractivity contribution in [1.29, 1.82) is 0 Å². The minimum Gasteiger partial charge on any atom is -0.497 e. The molecule has 0 saturated carbocycles. The molecule has 9 nitrogen and oxygen atoms in total. The maximum Gasteiger partial charge on any atom is 0.194 e. The number of guanidine groups is 1. The van der Waals surface area contributed by atoms with Gasteiger partial charge in [0.25, 0.3) is 0 Å². The highest BCUT2D eigenvalue weighted by atomic mass is 127. The van der Waals surface area contributed by atoms with Gasteiger partial charge in [-0.1, -0.05) is 12.1 Å². The molecule has 1 aliphatic rings. The van der Waals surface area contributed by atoms with Gasteiger partial charge in [0.05, 0.1) is 26.3 Å². The third-order valence-electron chi connectivity index (χ3n) is 5.75. The molecule has 1 aliphatic heterocycles. The highest BCUT2D eigenvalue weighted by Crippen LogP contribution is 2.16. The minimum absolute atomic E-state index is 0. The number of nitrogens with zero attached hydrogens (tertiary/aromatic N) is 5. The van der Waals surface area contributed by atoms with E-state index in [1.54, 1.807) is 14.2 Å². The van der Waals surface area contributed by atoms with Crippen LogP contribution in [0.3, 0.4) is 0 Å². The Kier molecular flexibility index (Phi) is 11.9. The number of hydrogen-bond acceptors (Lipinski definition) is 6. The number of aliphatic imine (C=N–C) groups is 1. The van der Waals surface area contributed by atoms with Crippen LogP contribution in [0.5, 0.6) is 5.75 Å². The highest BCUT2D eigenvalue weighted by molar-refractivity contribution is 14.0. The van der Waals surface area contributed by atoms with Crippen LogP contribution in [0.2, 0.25) is 0 Å². The average Bonchev–Trinajstić information content (AvgIpc) is 3.15. The largest absolute Gasteiger partial charge is 0.497 e. The molecule has 1 aromatic heterocycles. The molecule has 0 spiro atoms. The van der Waals surface area contributed by atoms with Gasteiger partial charge in [-0.2, -0.15) is 0 Å². The summed E-state index contributed by atoms with van der Waals surface area (Å²) in [5.41, 5.74) is 1.14. The first-order valence-corrected chi connectivity index (χ1v) is 11.2. The van der Waals surface area contributed by atoms with Crippen molar-refractivity contribution in [3.8, 4) is 5.75 Å². The van der Waals surface area contributed by atoms with Gasteiger partial charge >= 0.3 is 0 Å². The lowest BCUT2D eigenvalue weighted by atomic mass is 10.1. The molecule has 1 saturated heterocycles. The van der Waals surface area contributed by atoms with E-state index in [-0.39, 0.29) is 24.0 Å². The number of piperidine rings is 1. The lowest BCUT2D eigenvalue weighted by Crippen LogP contribution is -2.47. The van der Waals surface area contributed by atoms with Crippen molar-refractivity contribution in [2.45, 2.75) is 45.4 Å². The second kappa shape index (κ2) is 14.4. The molecule has 2 heterocycles. The first-order valence-electron chi connectivity index (χ1n) is 11.2. The number of rotatable bonds is 10. The molecule has 33 heavy (non-hydrogen) atoms. The fourth-order valence-electron chi connectivity index (χ4n) is 3.62. The van der Waals surface area contributed by atoms with Crippen molar-refractivity contribution < 1.29 is 14.2 Å². The zero-order valence-electron chi connectivity index (χ0n) is 20.1. The minimum atomic E-state index is 0. The van der Waals surface area contributed by atoms with Crippen LogP contribution in [0.15, 0.2) is 29.3 Å². The Bertz CT molecular complexity index is 850. The molecule has 1 N–H and O–H groups in total. The number of likely N-dealkylation sites (tertiary alicyclic amines) is 1. The van der Waals surface area contributed by atoms with Crippen molar-refractivity contribution in [2.75, 3.05) is 40.5 Å². The first-order chi connectivity index (χ1) is 15.6. The molecule has 184 valence electrons. The number of nitrogens with one attached hydrogen (secondary N) is 1. The monoisotopic (exact) mass is 572 g/mol. The Hall–Kier alpha value is -1.92. The van der Waals surface area contributed by atoms with Gasteiger partial charge in [-0.3, -0.25) is 0 Å². The summed E-state index contributed by atoms with van der Waals surface area (Å²) in [6.07, 6.45) is 3.20. The number of aromatic nitrogens is 3. The van der Waals surface area contributed by atoms with E-state index in [4.69, 9.17) is 19.2 Å². The molecule has 1 fully saturated rings. The molecule has 0 aliphatic carbocycles. The van der Waals surface area contributed by atoms with Crippen molar-refractivity contribution in [2.24, 2.45) is 12.0 Å². The van der Waals surface area contributed by atoms with E-state index in [9.17, 15) is 0 Å². The van der Waals surface area contributed by atoms with Crippen LogP contribution in [0.25, 0.3) is 0 Å². The van der Waals surface area contributed by atoms with Crippen molar-refractivity contribution in [3.05, 3.63) is 41.5 Å². The normalized spacial score (nSPS) is 14.8. The van der Waals surface area contributed by atoms with Gasteiger partial charge in [0.2, 0.25) is 0 Å². The average molecular weight is 572 g/mol. The lowest BCUT2D eigenvalue weighted by molar-refractivity contribution is 0.00986.